The summed E-state index contributed by atoms with van der Waals surface area (Å²) in [6, 6.07) is 0. The molecule has 1 N–H and O–H groups in total. The Morgan fingerprint density at radius 3 is 2.85 bits per heavy atom. The molecule has 1 aromatic rings. The van der Waals surface area contributed by atoms with E-state index in [1.54, 1.807) is 5.38 Å². The standard InChI is InChI=1S/C7H8N2O3S/c1-9(2-6(10)11)7(12)5-3-13-4-8-5/h3-4H,2H2,1H3,(H,10,11). The van der Waals surface area contributed by atoms with Crippen molar-refractivity contribution in [2.45, 2.75) is 0 Å². The smallest absolute Gasteiger partial charge is 0.323 e. The summed E-state index contributed by atoms with van der Waals surface area (Å²) in [5.74, 6) is -1.41. The first-order valence-electron chi connectivity index (χ1n) is 3.46. The van der Waals surface area contributed by atoms with Gasteiger partial charge >= 0.3 is 5.97 Å². The highest BCUT2D eigenvalue weighted by molar-refractivity contribution is 7.07. The van der Waals surface area contributed by atoms with Crippen LogP contribution in [0, 0.1) is 0 Å². The summed E-state index contributed by atoms with van der Waals surface area (Å²) in [6.07, 6.45) is 0. The topological polar surface area (TPSA) is 70.5 Å². The first-order valence-corrected chi connectivity index (χ1v) is 4.41. The highest BCUT2D eigenvalue weighted by Gasteiger charge is 2.15. The lowest BCUT2D eigenvalue weighted by atomic mass is 10.4. The molecule has 0 aliphatic rings. The Kier molecular flexibility index (Phi) is 2.97. The number of amides is 1. The van der Waals surface area contributed by atoms with Crippen LogP contribution in [0.25, 0.3) is 0 Å². The number of carboxylic acid groups (broad SMARTS) is 1. The van der Waals surface area contributed by atoms with Crippen LogP contribution in [0.3, 0.4) is 0 Å². The Morgan fingerprint density at radius 2 is 2.38 bits per heavy atom. The van der Waals surface area contributed by atoms with Gasteiger partial charge in [0, 0.05) is 12.4 Å². The van der Waals surface area contributed by atoms with Crippen molar-refractivity contribution in [3.63, 3.8) is 0 Å². The molecule has 1 rings (SSSR count). The first-order chi connectivity index (χ1) is 6.11. The number of hydrogen-bond acceptors (Lipinski definition) is 4. The van der Waals surface area contributed by atoms with Gasteiger partial charge in [0.1, 0.15) is 12.2 Å². The molecular weight excluding hydrogens is 192 g/mol. The predicted octanol–water partition coefficient (Wildman–Crippen LogP) is 0.300. The van der Waals surface area contributed by atoms with Crippen molar-refractivity contribution in [2.75, 3.05) is 13.6 Å². The van der Waals surface area contributed by atoms with Gasteiger partial charge in [0.25, 0.3) is 5.91 Å². The number of likely N-dealkylation sites (N-methyl/N-ethyl adjacent to an activating group) is 1. The maximum Gasteiger partial charge on any atom is 0.323 e. The zero-order chi connectivity index (χ0) is 9.84. The van der Waals surface area contributed by atoms with E-state index < -0.39 is 5.97 Å². The molecule has 0 atom stereocenters. The molecule has 0 unspecified atom stereocenters. The second kappa shape index (κ2) is 3.99. The van der Waals surface area contributed by atoms with Crippen LogP contribution in [0.2, 0.25) is 0 Å². The van der Waals surface area contributed by atoms with Crippen molar-refractivity contribution in [2.24, 2.45) is 0 Å². The Morgan fingerprint density at radius 1 is 1.69 bits per heavy atom. The third-order valence-electron chi connectivity index (χ3n) is 1.37. The largest absolute Gasteiger partial charge is 0.480 e. The Hall–Kier alpha value is -1.43. The second-order valence-electron chi connectivity index (χ2n) is 2.43. The van der Waals surface area contributed by atoms with Gasteiger partial charge in [-0.3, -0.25) is 9.59 Å². The number of thiazole rings is 1. The summed E-state index contributed by atoms with van der Waals surface area (Å²) in [5.41, 5.74) is 1.82. The van der Waals surface area contributed by atoms with Gasteiger partial charge in [-0.1, -0.05) is 0 Å². The molecule has 0 radical (unpaired) electrons. The third-order valence-corrected chi connectivity index (χ3v) is 1.96. The molecule has 0 bridgehead atoms. The molecule has 0 saturated heterocycles. The van der Waals surface area contributed by atoms with Gasteiger partial charge in [0.2, 0.25) is 0 Å². The minimum atomic E-state index is -1.04. The highest BCUT2D eigenvalue weighted by atomic mass is 32.1. The van der Waals surface area contributed by atoms with E-state index in [0.29, 0.717) is 0 Å². The molecule has 1 amide bonds. The number of aromatic nitrogens is 1. The Bertz CT molecular complexity index is 310. The van der Waals surface area contributed by atoms with Gasteiger partial charge in [-0.05, 0) is 0 Å². The minimum absolute atomic E-state index is 0.286. The number of carbonyl (C=O) groups excluding carboxylic acids is 1. The zero-order valence-electron chi connectivity index (χ0n) is 6.93. The predicted molar refractivity (Wildman–Crippen MR) is 46.7 cm³/mol. The number of nitrogens with zero attached hydrogens (tertiary/aromatic N) is 2. The number of aliphatic carboxylic acids is 1. The van der Waals surface area contributed by atoms with Gasteiger partial charge in [0.15, 0.2) is 0 Å². The van der Waals surface area contributed by atoms with Crippen LogP contribution in [0.1, 0.15) is 10.5 Å². The summed E-state index contributed by atoms with van der Waals surface area (Å²) in [4.78, 5) is 26.5. The zero-order valence-corrected chi connectivity index (χ0v) is 7.74. The molecule has 1 heterocycles. The lowest BCUT2D eigenvalue weighted by molar-refractivity contribution is -0.137. The monoisotopic (exact) mass is 200 g/mol. The number of carbonyl (C=O) groups is 2. The minimum Gasteiger partial charge on any atom is -0.480 e. The van der Waals surface area contributed by atoms with Crippen molar-refractivity contribution in [3.05, 3.63) is 16.6 Å². The molecule has 13 heavy (non-hydrogen) atoms. The summed E-state index contributed by atoms with van der Waals surface area (Å²) in [6.45, 7) is -0.309. The van der Waals surface area contributed by atoms with E-state index >= 15 is 0 Å². The summed E-state index contributed by atoms with van der Waals surface area (Å²) < 4.78 is 0. The summed E-state index contributed by atoms with van der Waals surface area (Å²) in [7, 11) is 1.43. The van der Waals surface area contributed by atoms with Crippen LogP contribution in [0.5, 0.6) is 0 Å². The molecular formula is C7H8N2O3S. The molecule has 0 saturated carbocycles. The van der Waals surface area contributed by atoms with Crippen molar-refractivity contribution in [1.29, 1.82) is 0 Å². The molecule has 6 heteroatoms. The van der Waals surface area contributed by atoms with Crippen LogP contribution in [0.15, 0.2) is 10.9 Å². The second-order valence-corrected chi connectivity index (χ2v) is 3.15. The Labute approximate surface area is 78.6 Å². The van der Waals surface area contributed by atoms with Crippen molar-refractivity contribution in [1.82, 2.24) is 9.88 Å². The fourth-order valence-electron chi connectivity index (χ4n) is 0.788. The van der Waals surface area contributed by atoms with Crippen LogP contribution < -0.4 is 0 Å². The van der Waals surface area contributed by atoms with Gasteiger partial charge in [-0.25, -0.2) is 4.98 Å². The quantitative estimate of drug-likeness (QED) is 0.761. The molecule has 1 aromatic heterocycles. The van der Waals surface area contributed by atoms with Crippen LogP contribution in [-0.4, -0.2) is 40.5 Å². The average Bonchev–Trinajstić information content (AvgIpc) is 2.53. The van der Waals surface area contributed by atoms with Crippen molar-refractivity contribution < 1.29 is 14.7 Å². The molecule has 0 fully saturated rings. The van der Waals surface area contributed by atoms with E-state index in [2.05, 4.69) is 4.98 Å². The fraction of sp³-hybridized carbons (Fsp3) is 0.286. The number of rotatable bonds is 3. The van der Waals surface area contributed by atoms with Crippen LogP contribution in [0.4, 0.5) is 0 Å². The number of carboxylic acids is 1. The summed E-state index contributed by atoms with van der Waals surface area (Å²) in [5, 5.41) is 10.0. The molecule has 0 aliphatic heterocycles. The van der Waals surface area contributed by atoms with Gasteiger partial charge in [-0.15, -0.1) is 11.3 Å². The average molecular weight is 200 g/mol. The third kappa shape index (κ3) is 2.51. The SMILES string of the molecule is CN(CC(=O)O)C(=O)c1cscn1. The maximum absolute atomic E-state index is 11.3. The van der Waals surface area contributed by atoms with E-state index in [9.17, 15) is 9.59 Å². The van der Waals surface area contributed by atoms with E-state index in [0.717, 1.165) is 4.90 Å². The summed E-state index contributed by atoms with van der Waals surface area (Å²) >= 11 is 1.30. The maximum atomic E-state index is 11.3. The lowest BCUT2D eigenvalue weighted by Crippen LogP contribution is -2.32. The van der Waals surface area contributed by atoms with Crippen molar-refractivity contribution >= 4 is 23.2 Å². The van der Waals surface area contributed by atoms with Gasteiger partial charge < -0.3 is 10.0 Å². The van der Waals surface area contributed by atoms with E-state index in [-0.39, 0.29) is 18.1 Å². The normalized spacial score (nSPS) is 9.62. The van der Waals surface area contributed by atoms with E-state index in [1.807, 2.05) is 0 Å². The number of hydrogen-bond donors (Lipinski definition) is 1. The van der Waals surface area contributed by atoms with Crippen LogP contribution >= 0.6 is 11.3 Å². The highest BCUT2D eigenvalue weighted by Crippen LogP contribution is 2.03. The van der Waals surface area contributed by atoms with Gasteiger partial charge in [-0.2, -0.15) is 0 Å². The molecule has 5 nitrogen and oxygen atoms in total. The van der Waals surface area contributed by atoms with Gasteiger partial charge in [0.05, 0.1) is 5.51 Å². The lowest BCUT2D eigenvalue weighted by Gasteiger charge is -2.11. The van der Waals surface area contributed by atoms with Crippen LogP contribution in [-0.2, 0) is 4.79 Å². The Balaban J connectivity index is 2.63. The molecule has 0 spiro atoms. The van der Waals surface area contributed by atoms with E-state index in [4.69, 9.17) is 5.11 Å². The first kappa shape index (κ1) is 9.66. The molecule has 70 valence electrons. The van der Waals surface area contributed by atoms with Crippen molar-refractivity contribution in [3.8, 4) is 0 Å². The molecule has 0 aromatic carbocycles. The van der Waals surface area contributed by atoms with E-state index in [1.165, 1.54) is 23.9 Å². The fourth-order valence-corrected chi connectivity index (χ4v) is 1.31. The molecule has 0 aliphatic carbocycles.